The zero-order chi connectivity index (χ0) is 17.4. The summed E-state index contributed by atoms with van der Waals surface area (Å²) >= 11 is 1.53. The lowest BCUT2D eigenvalue weighted by atomic mass is 10.2. The quantitative estimate of drug-likeness (QED) is 0.528. The molecule has 2 aromatic carbocycles. The van der Waals surface area contributed by atoms with Gasteiger partial charge in [-0.25, -0.2) is 9.78 Å². The highest BCUT2D eigenvalue weighted by Crippen LogP contribution is 2.26. The summed E-state index contributed by atoms with van der Waals surface area (Å²) in [6, 6.07) is 14.0. The van der Waals surface area contributed by atoms with E-state index in [2.05, 4.69) is 15.6 Å². The Hall–Kier alpha value is -3.39. The molecule has 0 fully saturated rings. The standard InChI is InChI=1S/C17H13N5O2S/c18-16(24)20-11-7-5-10(6-8-11)19-15(23)12-9-22-13-3-1-2-4-14(13)25-17(22)21-12/h1-9H,(H,19,23)(H3,18,20,24). The Bertz CT molecular complexity index is 1100. The highest BCUT2D eigenvalue weighted by Gasteiger charge is 2.14. The lowest BCUT2D eigenvalue weighted by Gasteiger charge is -2.05. The van der Waals surface area contributed by atoms with Crippen molar-refractivity contribution >= 4 is 49.8 Å². The smallest absolute Gasteiger partial charge is 0.316 e. The molecular formula is C17H13N5O2S. The Morgan fingerprint density at radius 1 is 1.00 bits per heavy atom. The van der Waals surface area contributed by atoms with Crippen LogP contribution in [0, 0.1) is 0 Å². The van der Waals surface area contributed by atoms with Crippen molar-refractivity contribution in [3.63, 3.8) is 0 Å². The number of benzene rings is 2. The molecule has 2 aromatic heterocycles. The van der Waals surface area contributed by atoms with Gasteiger partial charge < -0.3 is 16.4 Å². The van der Waals surface area contributed by atoms with E-state index in [1.165, 1.54) is 11.3 Å². The van der Waals surface area contributed by atoms with Crippen molar-refractivity contribution in [2.45, 2.75) is 0 Å². The first-order valence-corrected chi connectivity index (χ1v) is 8.26. The molecule has 0 atom stereocenters. The van der Waals surface area contributed by atoms with E-state index >= 15 is 0 Å². The Kier molecular flexibility index (Phi) is 3.58. The Morgan fingerprint density at radius 3 is 2.40 bits per heavy atom. The van der Waals surface area contributed by atoms with E-state index < -0.39 is 6.03 Å². The summed E-state index contributed by atoms with van der Waals surface area (Å²) in [7, 11) is 0. The number of nitrogens with zero attached hydrogens (tertiary/aromatic N) is 2. The maximum absolute atomic E-state index is 12.4. The lowest BCUT2D eigenvalue weighted by molar-refractivity contribution is 0.102. The van der Waals surface area contributed by atoms with Crippen LogP contribution < -0.4 is 16.4 Å². The molecule has 2 heterocycles. The Labute approximate surface area is 146 Å². The van der Waals surface area contributed by atoms with Crippen molar-refractivity contribution in [2.24, 2.45) is 5.73 Å². The number of rotatable bonds is 3. The largest absolute Gasteiger partial charge is 0.351 e. The fourth-order valence-electron chi connectivity index (χ4n) is 2.53. The first-order valence-electron chi connectivity index (χ1n) is 7.45. The van der Waals surface area contributed by atoms with Crippen molar-refractivity contribution in [3.05, 3.63) is 60.4 Å². The van der Waals surface area contributed by atoms with Crippen molar-refractivity contribution < 1.29 is 9.59 Å². The SMILES string of the molecule is NC(=O)Nc1ccc(NC(=O)c2cn3c(n2)sc2ccccc23)cc1. The second-order valence-electron chi connectivity index (χ2n) is 5.37. The minimum Gasteiger partial charge on any atom is -0.351 e. The molecule has 0 radical (unpaired) electrons. The molecule has 0 unspecified atom stereocenters. The summed E-state index contributed by atoms with van der Waals surface area (Å²) in [5.74, 6) is -0.296. The predicted molar refractivity (Wildman–Crippen MR) is 98.2 cm³/mol. The molecule has 0 bridgehead atoms. The lowest BCUT2D eigenvalue weighted by Crippen LogP contribution is -2.19. The number of urea groups is 1. The summed E-state index contributed by atoms with van der Waals surface area (Å²) in [6.07, 6.45) is 1.73. The van der Waals surface area contributed by atoms with E-state index in [1.54, 1.807) is 30.5 Å². The third-order valence-electron chi connectivity index (χ3n) is 3.64. The molecule has 7 nitrogen and oxygen atoms in total. The molecule has 0 aliphatic rings. The number of hydrogen-bond donors (Lipinski definition) is 3. The maximum Gasteiger partial charge on any atom is 0.316 e. The van der Waals surface area contributed by atoms with Crippen LogP contribution in [0.4, 0.5) is 16.2 Å². The Balaban J connectivity index is 1.56. The molecule has 0 saturated carbocycles. The van der Waals surface area contributed by atoms with E-state index in [-0.39, 0.29) is 5.91 Å². The molecule has 3 amide bonds. The maximum atomic E-state index is 12.4. The van der Waals surface area contributed by atoms with Gasteiger partial charge >= 0.3 is 6.03 Å². The van der Waals surface area contributed by atoms with E-state index in [4.69, 9.17) is 5.73 Å². The molecule has 0 aliphatic heterocycles. The molecule has 8 heteroatoms. The van der Waals surface area contributed by atoms with Crippen LogP contribution in [0.3, 0.4) is 0 Å². The third kappa shape index (κ3) is 2.90. The highest BCUT2D eigenvalue weighted by molar-refractivity contribution is 7.23. The molecule has 4 N–H and O–H groups in total. The van der Waals surface area contributed by atoms with E-state index in [0.717, 1.165) is 15.2 Å². The summed E-state index contributed by atoms with van der Waals surface area (Å²) in [6.45, 7) is 0. The van der Waals surface area contributed by atoms with Crippen LogP contribution in [-0.4, -0.2) is 21.3 Å². The normalized spacial score (nSPS) is 10.9. The van der Waals surface area contributed by atoms with E-state index in [0.29, 0.717) is 17.1 Å². The monoisotopic (exact) mass is 351 g/mol. The fourth-order valence-corrected chi connectivity index (χ4v) is 3.54. The first-order chi connectivity index (χ1) is 12.1. The number of imidazole rings is 1. The minimum absolute atomic E-state index is 0.296. The average molecular weight is 351 g/mol. The number of para-hydroxylation sites is 1. The van der Waals surface area contributed by atoms with Gasteiger partial charge in [-0.15, -0.1) is 0 Å². The number of amides is 3. The number of anilines is 2. The van der Waals surface area contributed by atoms with Crippen LogP contribution in [0.25, 0.3) is 15.2 Å². The van der Waals surface area contributed by atoms with Gasteiger partial charge in [-0.2, -0.15) is 0 Å². The van der Waals surface area contributed by atoms with Crippen LogP contribution >= 0.6 is 11.3 Å². The van der Waals surface area contributed by atoms with Crippen molar-refractivity contribution in [1.29, 1.82) is 0 Å². The van der Waals surface area contributed by atoms with Gasteiger partial charge in [0.1, 0.15) is 5.69 Å². The minimum atomic E-state index is -0.637. The number of carbonyl (C=O) groups is 2. The van der Waals surface area contributed by atoms with E-state index in [1.807, 2.05) is 28.7 Å². The number of aromatic nitrogens is 2. The van der Waals surface area contributed by atoms with Crippen molar-refractivity contribution in [3.8, 4) is 0 Å². The van der Waals surface area contributed by atoms with Crippen LogP contribution in [0.15, 0.2) is 54.7 Å². The van der Waals surface area contributed by atoms with Crippen LogP contribution in [0.2, 0.25) is 0 Å². The number of primary amides is 1. The summed E-state index contributed by atoms with van der Waals surface area (Å²) in [4.78, 5) is 28.4. The van der Waals surface area contributed by atoms with Gasteiger partial charge in [-0.05, 0) is 36.4 Å². The van der Waals surface area contributed by atoms with Gasteiger partial charge in [0.2, 0.25) is 0 Å². The molecule has 0 spiro atoms. The van der Waals surface area contributed by atoms with Gasteiger partial charge in [0, 0.05) is 17.6 Å². The molecule has 25 heavy (non-hydrogen) atoms. The topological polar surface area (TPSA) is 102 Å². The number of nitrogens with one attached hydrogen (secondary N) is 2. The van der Waals surface area contributed by atoms with Gasteiger partial charge in [0.15, 0.2) is 4.96 Å². The highest BCUT2D eigenvalue weighted by atomic mass is 32.1. The molecule has 0 aliphatic carbocycles. The second kappa shape index (κ2) is 5.91. The van der Waals surface area contributed by atoms with Crippen LogP contribution in [0.5, 0.6) is 0 Å². The predicted octanol–water partition coefficient (Wildman–Crippen LogP) is 3.29. The van der Waals surface area contributed by atoms with Gasteiger partial charge in [-0.1, -0.05) is 23.5 Å². The Morgan fingerprint density at radius 2 is 1.68 bits per heavy atom. The first kappa shape index (κ1) is 15.2. The number of hydrogen-bond acceptors (Lipinski definition) is 4. The van der Waals surface area contributed by atoms with Crippen molar-refractivity contribution in [2.75, 3.05) is 10.6 Å². The molecule has 124 valence electrons. The van der Waals surface area contributed by atoms with Crippen LogP contribution in [0.1, 0.15) is 10.5 Å². The molecular weight excluding hydrogens is 338 g/mol. The second-order valence-corrected chi connectivity index (χ2v) is 6.38. The zero-order valence-corrected chi connectivity index (χ0v) is 13.7. The van der Waals surface area contributed by atoms with Gasteiger partial charge in [0.25, 0.3) is 5.91 Å². The molecule has 0 saturated heterocycles. The third-order valence-corrected chi connectivity index (χ3v) is 4.68. The zero-order valence-electron chi connectivity index (χ0n) is 12.9. The van der Waals surface area contributed by atoms with Crippen molar-refractivity contribution in [1.82, 2.24) is 9.38 Å². The average Bonchev–Trinajstić information content (AvgIpc) is 3.14. The van der Waals surface area contributed by atoms with E-state index in [9.17, 15) is 9.59 Å². The number of carbonyl (C=O) groups excluding carboxylic acids is 2. The number of thiazole rings is 1. The summed E-state index contributed by atoms with van der Waals surface area (Å²) in [5, 5.41) is 5.24. The molecule has 4 aromatic rings. The van der Waals surface area contributed by atoms with Crippen LogP contribution in [-0.2, 0) is 0 Å². The number of fused-ring (bicyclic) bond motifs is 3. The van der Waals surface area contributed by atoms with Gasteiger partial charge in [-0.3, -0.25) is 9.20 Å². The molecule has 4 rings (SSSR count). The fraction of sp³-hybridized carbons (Fsp3) is 0. The summed E-state index contributed by atoms with van der Waals surface area (Å²) < 4.78 is 3.03. The van der Waals surface area contributed by atoms with Gasteiger partial charge in [0.05, 0.1) is 10.2 Å². The summed E-state index contributed by atoms with van der Waals surface area (Å²) in [5.41, 5.74) is 7.58. The number of nitrogens with two attached hydrogens (primary N) is 1.